The molecule has 1 unspecified atom stereocenters. The van der Waals surface area contributed by atoms with E-state index >= 15 is 0 Å². The first-order valence-electron chi connectivity index (χ1n) is 6.97. The van der Waals surface area contributed by atoms with Crippen molar-refractivity contribution in [3.05, 3.63) is 29.5 Å². The molecule has 2 rings (SSSR count). The number of aliphatic hydroxyl groups is 1. The first-order chi connectivity index (χ1) is 10.0. The van der Waals surface area contributed by atoms with Gasteiger partial charge in [0.2, 0.25) is 11.8 Å². The standard InChI is InChI=1S/C15H20N2O3S/c1-10(2)6-12(18)8-16-14(19)7-11-9-20-15(17-11)13-4-3-5-21-13/h3-5,9-10,12,18H,6-8H2,1-2H3,(H,16,19). The molecule has 0 aliphatic rings. The molecule has 2 aromatic heterocycles. The molecule has 2 heterocycles. The molecule has 0 bridgehead atoms. The second-order valence-corrected chi connectivity index (χ2v) is 6.33. The molecule has 5 nitrogen and oxygen atoms in total. The van der Waals surface area contributed by atoms with E-state index in [1.54, 1.807) is 0 Å². The lowest BCUT2D eigenvalue weighted by Gasteiger charge is -2.13. The Balaban J connectivity index is 1.80. The molecular weight excluding hydrogens is 288 g/mol. The summed E-state index contributed by atoms with van der Waals surface area (Å²) >= 11 is 1.54. The molecule has 0 saturated carbocycles. The minimum atomic E-state index is -0.507. The molecule has 114 valence electrons. The molecule has 0 saturated heterocycles. The normalized spacial score (nSPS) is 12.6. The zero-order valence-corrected chi connectivity index (χ0v) is 13.0. The van der Waals surface area contributed by atoms with Crippen LogP contribution >= 0.6 is 11.3 Å². The fraction of sp³-hybridized carbons (Fsp3) is 0.467. The van der Waals surface area contributed by atoms with Crippen LogP contribution in [-0.4, -0.2) is 28.6 Å². The second-order valence-electron chi connectivity index (χ2n) is 5.39. The van der Waals surface area contributed by atoms with Gasteiger partial charge in [0.05, 0.1) is 23.1 Å². The maximum atomic E-state index is 11.8. The number of thiophene rings is 1. The van der Waals surface area contributed by atoms with Crippen molar-refractivity contribution in [1.82, 2.24) is 10.3 Å². The van der Waals surface area contributed by atoms with Gasteiger partial charge < -0.3 is 14.8 Å². The molecule has 21 heavy (non-hydrogen) atoms. The predicted octanol–water partition coefficient (Wildman–Crippen LogP) is 2.47. The number of amides is 1. The van der Waals surface area contributed by atoms with Gasteiger partial charge in [0.25, 0.3) is 0 Å². The van der Waals surface area contributed by atoms with E-state index in [0.29, 0.717) is 23.9 Å². The number of nitrogens with one attached hydrogen (secondary N) is 1. The van der Waals surface area contributed by atoms with Crippen molar-refractivity contribution in [2.75, 3.05) is 6.54 Å². The number of nitrogens with zero attached hydrogens (tertiary/aromatic N) is 1. The Morgan fingerprint density at radius 2 is 2.33 bits per heavy atom. The monoisotopic (exact) mass is 308 g/mol. The summed E-state index contributed by atoms with van der Waals surface area (Å²) in [7, 11) is 0. The van der Waals surface area contributed by atoms with Crippen LogP contribution in [0.4, 0.5) is 0 Å². The lowest BCUT2D eigenvalue weighted by molar-refractivity contribution is -0.121. The van der Waals surface area contributed by atoms with Crippen molar-refractivity contribution < 1.29 is 14.3 Å². The fourth-order valence-corrected chi connectivity index (χ4v) is 2.64. The van der Waals surface area contributed by atoms with Gasteiger partial charge in [0.1, 0.15) is 6.26 Å². The molecule has 6 heteroatoms. The summed E-state index contributed by atoms with van der Waals surface area (Å²) in [4.78, 5) is 17.0. The van der Waals surface area contributed by atoms with Crippen LogP contribution in [0.2, 0.25) is 0 Å². The third-order valence-electron chi connectivity index (χ3n) is 2.90. The number of carbonyl (C=O) groups is 1. The summed E-state index contributed by atoms with van der Waals surface area (Å²) in [6.07, 6.45) is 1.82. The summed E-state index contributed by atoms with van der Waals surface area (Å²) in [5.41, 5.74) is 0.592. The zero-order valence-electron chi connectivity index (χ0n) is 12.2. The minimum absolute atomic E-state index is 0.156. The Morgan fingerprint density at radius 1 is 1.52 bits per heavy atom. The first kappa shape index (κ1) is 15.7. The highest BCUT2D eigenvalue weighted by atomic mass is 32.1. The highest BCUT2D eigenvalue weighted by Gasteiger charge is 2.13. The summed E-state index contributed by atoms with van der Waals surface area (Å²) in [6.45, 7) is 4.34. The highest BCUT2D eigenvalue weighted by Crippen LogP contribution is 2.23. The van der Waals surface area contributed by atoms with E-state index < -0.39 is 6.10 Å². The highest BCUT2D eigenvalue weighted by molar-refractivity contribution is 7.13. The van der Waals surface area contributed by atoms with Gasteiger partial charge in [-0.2, -0.15) is 0 Å². The molecule has 2 aromatic rings. The van der Waals surface area contributed by atoms with Gasteiger partial charge in [-0.25, -0.2) is 4.98 Å². The number of oxazole rings is 1. The fourth-order valence-electron chi connectivity index (χ4n) is 1.99. The van der Waals surface area contributed by atoms with Gasteiger partial charge in [-0.3, -0.25) is 4.79 Å². The molecule has 0 aromatic carbocycles. The number of hydrogen-bond donors (Lipinski definition) is 2. The predicted molar refractivity (Wildman–Crippen MR) is 82.0 cm³/mol. The Bertz CT molecular complexity index is 563. The Morgan fingerprint density at radius 3 is 3.00 bits per heavy atom. The summed E-state index contributed by atoms with van der Waals surface area (Å²) < 4.78 is 5.36. The maximum absolute atomic E-state index is 11.8. The van der Waals surface area contributed by atoms with Crippen molar-refractivity contribution in [2.24, 2.45) is 5.92 Å². The van der Waals surface area contributed by atoms with Gasteiger partial charge in [0.15, 0.2) is 0 Å². The van der Waals surface area contributed by atoms with Crippen LogP contribution in [0.5, 0.6) is 0 Å². The second kappa shape index (κ2) is 7.38. The van der Waals surface area contributed by atoms with Crippen LogP contribution in [-0.2, 0) is 11.2 Å². The molecule has 0 aliphatic carbocycles. The average Bonchev–Trinajstić information content (AvgIpc) is 3.05. The SMILES string of the molecule is CC(C)CC(O)CNC(=O)Cc1coc(-c2cccs2)n1. The van der Waals surface area contributed by atoms with Crippen molar-refractivity contribution in [3.8, 4) is 10.8 Å². The molecule has 1 atom stereocenters. The molecule has 2 N–H and O–H groups in total. The minimum Gasteiger partial charge on any atom is -0.444 e. The smallest absolute Gasteiger partial charge is 0.236 e. The largest absolute Gasteiger partial charge is 0.444 e. The van der Waals surface area contributed by atoms with E-state index in [4.69, 9.17) is 4.42 Å². The lowest BCUT2D eigenvalue weighted by Crippen LogP contribution is -2.33. The third-order valence-corrected chi connectivity index (χ3v) is 3.76. The zero-order chi connectivity index (χ0) is 15.2. The third kappa shape index (κ3) is 4.99. The maximum Gasteiger partial charge on any atom is 0.236 e. The molecule has 1 amide bonds. The number of rotatable bonds is 7. The van der Waals surface area contributed by atoms with Crippen LogP contribution in [0, 0.1) is 5.92 Å². The Kier molecular flexibility index (Phi) is 5.52. The van der Waals surface area contributed by atoms with Crippen LogP contribution in [0.1, 0.15) is 26.0 Å². The van der Waals surface area contributed by atoms with Crippen molar-refractivity contribution in [1.29, 1.82) is 0 Å². The van der Waals surface area contributed by atoms with Crippen LogP contribution in [0.3, 0.4) is 0 Å². The van der Waals surface area contributed by atoms with E-state index in [0.717, 1.165) is 4.88 Å². The van der Waals surface area contributed by atoms with Gasteiger partial charge in [-0.05, 0) is 23.8 Å². The van der Waals surface area contributed by atoms with Crippen LogP contribution < -0.4 is 5.32 Å². The van der Waals surface area contributed by atoms with Crippen molar-refractivity contribution in [2.45, 2.75) is 32.8 Å². The van der Waals surface area contributed by atoms with Crippen LogP contribution in [0.15, 0.2) is 28.2 Å². The summed E-state index contributed by atoms with van der Waals surface area (Å²) in [6, 6.07) is 3.84. The summed E-state index contributed by atoms with van der Waals surface area (Å²) in [5.74, 6) is 0.775. The molecule has 0 fully saturated rings. The molecule has 0 radical (unpaired) electrons. The van der Waals surface area contributed by atoms with Crippen molar-refractivity contribution in [3.63, 3.8) is 0 Å². The number of aromatic nitrogens is 1. The number of aliphatic hydroxyl groups excluding tert-OH is 1. The van der Waals surface area contributed by atoms with E-state index in [9.17, 15) is 9.90 Å². The molecule has 0 spiro atoms. The quantitative estimate of drug-likeness (QED) is 0.824. The van der Waals surface area contributed by atoms with E-state index in [1.165, 1.54) is 17.6 Å². The number of carbonyl (C=O) groups excluding carboxylic acids is 1. The average molecular weight is 308 g/mol. The Labute approximate surface area is 128 Å². The van der Waals surface area contributed by atoms with E-state index in [1.807, 2.05) is 31.4 Å². The lowest BCUT2D eigenvalue weighted by atomic mass is 10.1. The van der Waals surface area contributed by atoms with Crippen LogP contribution in [0.25, 0.3) is 10.8 Å². The van der Waals surface area contributed by atoms with Gasteiger partial charge >= 0.3 is 0 Å². The first-order valence-corrected chi connectivity index (χ1v) is 7.85. The molecule has 0 aliphatic heterocycles. The molecular formula is C15H20N2O3S. The van der Waals surface area contributed by atoms with E-state index in [2.05, 4.69) is 10.3 Å². The number of hydrogen-bond acceptors (Lipinski definition) is 5. The van der Waals surface area contributed by atoms with Gasteiger partial charge in [-0.15, -0.1) is 11.3 Å². The van der Waals surface area contributed by atoms with Gasteiger partial charge in [0, 0.05) is 6.54 Å². The van der Waals surface area contributed by atoms with Crippen molar-refractivity contribution >= 4 is 17.2 Å². The topological polar surface area (TPSA) is 75.4 Å². The summed E-state index contributed by atoms with van der Waals surface area (Å²) in [5, 5.41) is 14.4. The van der Waals surface area contributed by atoms with Gasteiger partial charge in [-0.1, -0.05) is 19.9 Å². The van der Waals surface area contributed by atoms with E-state index in [-0.39, 0.29) is 18.9 Å². The Hall–Kier alpha value is -1.66.